The Morgan fingerprint density at radius 2 is 2.03 bits per heavy atom. The second-order valence-corrected chi connectivity index (χ2v) is 8.26. The highest BCUT2D eigenvalue weighted by molar-refractivity contribution is 6.31. The number of halogens is 1. The molecule has 0 bridgehead atoms. The van der Waals surface area contributed by atoms with Gasteiger partial charge in [-0.05, 0) is 54.8 Å². The number of nitrogen functional groups attached to an aromatic ring is 1. The summed E-state index contributed by atoms with van der Waals surface area (Å²) < 4.78 is 5.83. The van der Waals surface area contributed by atoms with Crippen LogP contribution in [-0.4, -0.2) is 32.6 Å². The summed E-state index contributed by atoms with van der Waals surface area (Å²) in [5.74, 6) is 0.530. The molecular formula is C24H24ClN5O3. The minimum Gasteiger partial charge on any atom is -0.435 e. The number of oxazole rings is 1. The second-order valence-electron chi connectivity index (χ2n) is 7.83. The monoisotopic (exact) mass is 465 g/mol. The van der Waals surface area contributed by atoms with Crippen molar-refractivity contribution in [3.63, 3.8) is 0 Å². The van der Waals surface area contributed by atoms with Crippen molar-refractivity contribution >= 4 is 34.2 Å². The molecule has 3 aromatic heterocycles. The maximum absolute atomic E-state index is 12.9. The normalized spacial score (nSPS) is 11.2. The molecule has 0 spiro atoms. The molecule has 0 saturated carbocycles. The van der Waals surface area contributed by atoms with Crippen LogP contribution < -0.4 is 11.1 Å². The first-order valence-electron chi connectivity index (χ1n) is 10.5. The van der Waals surface area contributed by atoms with Gasteiger partial charge in [-0.15, -0.1) is 0 Å². The number of aryl methyl sites for hydroxylation is 2. The number of pyridine rings is 2. The first-order chi connectivity index (χ1) is 15.8. The van der Waals surface area contributed by atoms with E-state index < -0.39 is 5.91 Å². The molecule has 9 heteroatoms. The van der Waals surface area contributed by atoms with Gasteiger partial charge < -0.3 is 20.6 Å². The number of hydrogen-bond donors (Lipinski definition) is 3. The van der Waals surface area contributed by atoms with Crippen LogP contribution in [0.3, 0.4) is 0 Å². The highest BCUT2D eigenvalue weighted by Crippen LogP contribution is 2.21. The third-order valence-corrected chi connectivity index (χ3v) is 5.57. The zero-order chi connectivity index (χ0) is 23.5. The van der Waals surface area contributed by atoms with Gasteiger partial charge in [-0.25, -0.2) is 9.97 Å². The maximum atomic E-state index is 12.9. The van der Waals surface area contributed by atoms with Crippen LogP contribution in [0.1, 0.15) is 44.5 Å². The minimum absolute atomic E-state index is 0.100. The fourth-order valence-electron chi connectivity index (χ4n) is 3.77. The standard InChI is InChI=1S/C24H24ClN5O3/c1-13-7-21(26)29-14(2)18(13)12-28-24(32)23-20(5-6-31)30-22(33-23)9-15-3-4-19-16(8-15)10-17(25)11-27-19/h3-4,7-8,10-11,31H,5-6,9,12H2,1-2H3,(H2,26,29)(H,28,32). The van der Waals surface area contributed by atoms with E-state index >= 15 is 0 Å². The quantitative estimate of drug-likeness (QED) is 0.381. The largest absolute Gasteiger partial charge is 0.435 e. The van der Waals surface area contributed by atoms with Crippen LogP contribution in [0.15, 0.2) is 40.9 Å². The van der Waals surface area contributed by atoms with Crippen molar-refractivity contribution in [3.05, 3.63) is 81.3 Å². The number of aliphatic hydroxyl groups is 1. The predicted octanol–water partition coefficient (Wildman–Crippen LogP) is 3.53. The Morgan fingerprint density at radius 3 is 2.79 bits per heavy atom. The average Bonchev–Trinajstić information content (AvgIpc) is 3.15. The molecule has 0 unspecified atom stereocenters. The Hall–Kier alpha value is -3.49. The molecule has 0 aliphatic heterocycles. The Kier molecular flexibility index (Phi) is 6.57. The molecule has 33 heavy (non-hydrogen) atoms. The molecule has 0 aliphatic carbocycles. The molecule has 4 aromatic rings. The van der Waals surface area contributed by atoms with Gasteiger partial charge in [0.1, 0.15) is 5.82 Å². The van der Waals surface area contributed by atoms with E-state index in [-0.39, 0.29) is 25.3 Å². The van der Waals surface area contributed by atoms with E-state index in [0.29, 0.717) is 28.8 Å². The molecule has 0 atom stereocenters. The number of amides is 1. The van der Waals surface area contributed by atoms with Gasteiger partial charge >= 0.3 is 0 Å². The highest BCUT2D eigenvalue weighted by atomic mass is 35.5. The molecule has 4 rings (SSSR count). The number of nitrogens with two attached hydrogens (primary N) is 1. The lowest BCUT2D eigenvalue weighted by Gasteiger charge is -2.11. The van der Waals surface area contributed by atoms with Gasteiger partial charge in [0, 0.05) is 43.3 Å². The molecule has 4 N–H and O–H groups in total. The average molecular weight is 466 g/mol. The van der Waals surface area contributed by atoms with E-state index in [2.05, 4.69) is 20.3 Å². The summed E-state index contributed by atoms with van der Waals surface area (Å²) in [6.07, 6.45) is 2.20. The molecule has 8 nitrogen and oxygen atoms in total. The summed E-state index contributed by atoms with van der Waals surface area (Å²) in [5.41, 5.74) is 10.6. The molecule has 3 heterocycles. The number of aliphatic hydroxyl groups excluding tert-OH is 1. The number of nitrogens with one attached hydrogen (secondary N) is 1. The Balaban J connectivity index is 1.54. The third kappa shape index (κ3) is 5.13. The number of nitrogens with zero attached hydrogens (tertiary/aromatic N) is 3. The molecule has 1 aromatic carbocycles. The topological polar surface area (TPSA) is 127 Å². The molecule has 0 saturated heterocycles. The summed E-state index contributed by atoms with van der Waals surface area (Å²) in [4.78, 5) is 25.9. The van der Waals surface area contributed by atoms with Crippen molar-refractivity contribution in [2.24, 2.45) is 0 Å². The van der Waals surface area contributed by atoms with Gasteiger partial charge in [0.05, 0.1) is 16.2 Å². The Labute approximate surface area is 195 Å². The molecule has 170 valence electrons. The number of carbonyl (C=O) groups is 1. The molecule has 0 fully saturated rings. The lowest BCUT2D eigenvalue weighted by Crippen LogP contribution is -2.24. The zero-order valence-corrected chi connectivity index (χ0v) is 19.1. The number of fused-ring (bicyclic) bond motifs is 1. The summed E-state index contributed by atoms with van der Waals surface area (Å²) >= 11 is 6.05. The van der Waals surface area contributed by atoms with E-state index in [1.165, 1.54) is 0 Å². The van der Waals surface area contributed by atoms with Gasteiger partial charge in [0.2, 0.25) is 5.76 Å². The van der Waals surface area contributed by atoms with E-state index in [4.69, 9.17) is 21.8 Å². The summed E-state index contributed by atoms with van der Waals surface area (Å²) in [6, 6.07) is 9.40. The van der Waals surface area contributed by atoms with Crippen molar-refractivity contribution in [2.75, 3.05) is 12.3 Å². The second kappa shape index (κ2) is 9.56. The van der Waals surface area contributed by atoms with Gasteiger partial charge in [0.25, 0.3) is 5.91 Å². The third-order valence-electron chi connectivity index (χ3n) is 5.36. The van der Waals surface area contributed by atoms with Gasteiger partial charge in [0.15, 0.2) is 5.89 Å². The summed E-state index contributed by atoms with van der Waals surface area (Å²) in [7, 11) is 0. The van der Waals surface area contributed by atoms with Crippen LogP contribution in [0, 0.1) is 13.8 Å². The predicted molar refractivity (Wildman–Crippen MR) is 126 cm³/mol. The highest BCUT2D eigenvalue weighted by Gasteiger charge is 2.21. The molecule has 1 amide bonds. The van der Waals surface area contributed by atoms with Crippen LogP contribution in [0.2, 0.25) is 5.02 Å². The minimum atomic E-state index is -0.401. The smallest absolute Gasteiger partial charge is 0.289 e. The lowest BCUT2D eigenvalue weighted by atomic mass is 10.1. The van der Waals surface area contributed by atoms with E-state index in [0.717, 1.165) is 33.3 Å². The Morgan fingerprint density at radius 1 is 1.21 bits per heavy atom. The van der Waals surface area contributed by atoms with Crippen molar-refractivity contribution < 1.29 is 14.3 Å². The van der Waals surface area contributed by atoms with Crippen LogP contribution in [0.25, 0.3) is 10.9 Å². The van der Waals surface area contributed by atoms with Crippen molar-refractivity contribution in [1.29, 1.82) is 0 Å². The fourth-order valence-corrected chi connectivity index (χ4v) is 3.94. The Bertz CT molecular complexity index is 1310. The van der Waals surface area contributed by atoms with Gasteiger partial charge in [-0.3, -0.25) is 9.78 Å². The van der Waals surface area contributed by atoms with E-state index in [1.54, 1.807) is 12.3 Å². The van der Waals surface area contributed by atoms with Gasteiger partial charge in [-0.2, -0.15) is 0 Å². The maximum Gasteiger partial charge on any atom is 0.289 e. The SMILES string of the molecule is Cc1cc(N)nc(C)c1CNC(=O)c1oc(Cc2ccc3ncc(Cl)cc3c2)nc1CCO. The van der Waals surface area contributed by atoms with Crippen LogP contribution in [0.4, 0.5) is 5.82 Å². The van der Waals surface area contributed by atoms with E-state index in [9.17, 15) is 9.90 Å². The summed E-state index contributed by atoms with van der Waals surface area (Å²) in [6.45, 7) is 3.90. The molecule has 0 aliphatic rings. The number of anilines is 1. The number of hydrogen-bond acceptors (Lipinski definition) is 7. The number of benzene rings is 1. The fraction of sp³-hybridized carbons (Fsp3) is 0.250. The first kappa shape index (κ1) is 22.7. The van der Waals surface area contributed by atoms with Crippen LogP contribution >= 0.6 is 11.6 Å². The molecule has 0 radical (unpaired) electrons. The lowest BCUT2D eigenvalue weighted by molar-refractivity contribution is 0.0920. The number of carbonyl (C=O) groups excluding carboxylic acids is 1. The number of rotatable bonds is 7. The summed E-state index contributed by atoms with van der Waals surface area (Å²) in [5, 5.41) is 13.8. The van der Waals surface area contributed by atoms with Crippen LogP contribution in [-0.2, 0) is 19.4 Å². The van der Waals surface area contributed by atoms with Crippen molar-refractivity contribution in [2.45, 2.75) is 33.2 Å². The molecular weight excluding hydrogens is 442 g/mol. The van der Waals surface area contributed by atoms with Crippen molar-refractivity contribution in [3.8, 4) is 0 Å². The van der Waals surface area contributed by atoms with Crippen LogP contribution in [0.5, 0.6) is 0 Å². The zero-order valence-electron chi connectivity index (χ0n) is 18.4. The van der Waals surface area contributed by atoms with Crippen molar-refractivity contribution in [1.82, 2.24) is 20.3 Å². The first-order valence-corrected chi connectivity index (χ1v) is 10.9. The number of aromatic nitrogens is 3. The van der Waals surface area contributed by atoms with Gasteiger partial charge in [-0.1, -0.05) is 17.7 Å². The van der Waals surface area contributed by atoms with E-state index in [1.807, 2.05) is 38.1 Å².